The number of likely N-dealkylation sites (N-methyl/N-ethyl adjacent to an activating group) is 1. The Labute approximate surface area is 156 Å². The first-order valence-corrected chi connectivity index (χ1v) is 9.09. The van der Waals surface area contributed by atoms with Gasteiger partial charge in [-0.05, 0) is 43.3 Å². The summed E-state index contributed by atoms with van der Waals surface area (Å²) in [6, 6.07) is 13.1. The lowest BCUT2D eigenvalue weighted by molar-refractivity contribution is -0.114. The molecule has 7 heteroatoms. The van der Waals surface area contributed by atoms with Crippen molar-refractivity contribution in [2.24, 2.45) is 0 Å². The highest BCUT2D eigenvalue weighted by atomic mass is 32.1. The fourth-order valence-electron chi connectivity index (χ4n) is 2.52. The number of benzene rings is 2. The van der Waals surface area contributed by atoms with Crippen molar-refractivity contribution >= 4 is 38.3 Å². The van der Waals surface area contributed by atoms with E-state index in [9.17, 15) is 4.79 Å². The van der Waals surface area contributed by atoms with Gasteiger partial charge in [0, 0.05) is 12.7 Å². The maximum atomic E-state index is 12.3. The van der Waals surface area contributed by atoms with Crippen LogP contribution in [-0.2, 0) is 4.79 Å². The van der Waals surface area contributed by atoms with Crippen LogP contribution >= 0.6 is 11.3 Å². The smallest absolute Gasteiger partial charge is 0.243 e. The number of nitrogens with one attached hydrogen (secondary N) is 1. The van der Waals surface area contributed by atoms with Gasteiger partial charge in [0.05, 0.1) is 25.0 Å². The van der Waals surface area contributed by atoms with Crippen molar-refractivity contribution in [3.8, 4) is 11.5 Å². The number of ether oxygens (including phenoxy) is 2. The number of hydrogen-bond acceptors (Lipinski definition) is 6. The van der Waals surface area contributed by atoms with Crippen LogP contribution in [0.3, 0.4) is 0 Å². The second-order valence-electron chi connectivity index (χ2n) is 5.67. The summed E-state index contributed by atoms with van der Waals surface area (Å²) in [6.07, 6.45) is 0. The number of rotatable bonds is 7. The van der Waals surface area contributed by atoms with Gasteiger partial charge in [0.1, 0.15) is 17.0 Å². The molecule has 0 saturated heterocycles. The van der Waals surface area contributed by atoms with Crippen molar-refractivity contribution < 1.29 is 14.3 Å². The predicted molar refractivity (Wildman–Crippen MR) is 106 cm³/mol. The standard InChI is InChI=1S/C19H21N3O3S/c1-4-25-14-10-8-13(9-11-14)20-17(23)12-22(2)19-21-18-15(24-3)6-5-7-16(18)26-19/h5-11H,4,12H2,1-3H3,(H,20,23). The van der Waals surface area contributed by atoms with Crippen molar-refractivity contribution in [1.82, 2.24) is 4.98 Å². The van der Waals surface area contributed by atoms with Gasteiger partial charge in [0.15, 0.2) is 5.13 Å². The van der Waals surface area contributed by atoms with Crippen LogP contribution in [0, 0.1) is 0 Å². The summed E-state index contributed by atoms with van der Waals surface area (Å²) in [5, 5.41) is 3.65. The number of amides is 1. The lowest BCUT2D eigenvalue weighted by Gasteiger charge is -2.15. The molecule has 0 atom stereocenters. The van der Waals surface area contributed by atoms with E-state index in [1.54, 1.807) is 7.11 Å². The highest BCUT2D eigenvalue weighted by Crippen LogP contribution is 2.33. The fourth-order valence-corrected chi connectivity index (χ4v) is 3.47. The highest BCUT2D eigenvalue weighted by Gasteiger charge is 2.14. The molecule has 136 valence electrons. The van der Waals surface area contributed by atoms with Gasteiger partial charge in [-0.3, -0.25) is 4.79 Å². The van der Waals surface area contributed by atoms with Crippen molar-refractivity contribution in [2.75, 3.05) is 37.5 Å². The molecule has 0 radical (unpaired) electrons. The average Bonchev–Trinajstić information content (AvgIpc) is 3.08. The van der Waals surface area contributed by atoms with Crippen molar-refractivity contribution in [3.05, 3.63) is 42.5 Å². The van der Waals surface area contributed by atoms with E-state index in [4.69, 9.17) is 9.47 Å². The molecule has 0 bridgehead atoms. The van der Waals surface area contributed by atoms with Crippen LogP contribution in [0.15, 0.2) is 42.5 Å². The summed E-state index contributed by atoms with van der Waals surface area (Å²) in [5.41, 5.74) is 1.55. The van der Waals surface area contributed by atoms with Crippen molar-refractivity contribution in [2.45, 2.75) is 6.92 Å². The van der Waals surface area contributed by atoms with Gasteiger partial charge in [-0.15, -0.1) is 0 Å². The summed E-state index contributed by atoms with van der Waals surface area (Å²) in [5.74, 6) is 1.41. The minimum Gasteiger partial charge on any atom is -0.494 e. The lowest BCUT2D eigenvalue weighted by atomic mass is 10.3. The first-order chi connectivity index (χ1) is 12.6. The summed E-state index contributed by atoms with van der Waals surface area (Å²) >= 11 is 1.53. The van der Waals surface area contributed by atoms with Crippen LogP contribution in [0.1, 0.15) is 6.92 Å². The Balaban J connectivity index is 1.65. The van der Waals surface area contributed by atoms with E-state index in [1.165, 1.54) is 11.3 Å². The molecule has 0 aliphatic rings. The van der Waals surface area contributed by atoms with Crippen LogP contribution in [0.4, 0.5) is 10.8 Å². The Kier molecular flexibility index (Phi) is 5.58. The van der Waals surface area contributed by atoms with Gasteiger partial charge in [0.2, 0.25) is 5.91 Å². The largest absolute Gasteiger partial charge is 0.494 e. The zero-order valence-electron chi connectivity index (χ0n) is 15.0. The number of hydrogen-bond donors (Lipinski definition) is 1. The third-order valence-electron chi connectivity index (χ3n) is 3.75. The predicted octanol–water partition coefficient (Wildman–Crippen LogP) is 3.78. The SMILES string of the molecule is CCOc1ccc(NC(=O)CN(C)c2nc3c(OC)cccc3s2)cc1. The van der Waals surface area contributed by atoms with Gasteiger partial charge < -0.3 is 19.7 Å². The molecule has 26 heavy (non-hydrogen) atoms. The van der Waals surface area contributed by atoms with E-state index < -0.39 is 0 Å². The fraction of sp³-hybridized carbons (Fsp3) is 0.263. The molecule has 1 aromatic heterocycles. The minimum absolute atomic E-state index is 0.108. The number of thiazole rings is 1. The topological polar surface area (TPSA) is 63.7 Å². The van der Waals surface area contributed by atoms with E-state index in [-0.39, 0.29) is 12.5 Å². The Morgan fingerprint density at radius 3 is 2.69 bits per heavy atom. The van der Waals surface area contributed by atoms with Crippen molar-refractivity contribution in [3.63, 3.8) is 0 Å². The Bertz CT molecular complexity index is 893. The van der Waals surface area contributed by atoms with Gasteiger partial charge in [-0.1, -0.05) is 17.4 Å². The van der Waals surface area contributed by atoms with E-state index in [2.05, 4.69) is 10.3 Å². The zero-order chi connectivity index (χ0) is 18.5. The van der Waals surface area contributed by atoms with Crippen LogP contribution in [0.25, 0.3) is 10.2 Å². The Hall–Kier alpha value is -2.80. The molecule has 0 aliphatic heterocycles. The number of nitrogens with zero attached hydrogens (tertiary/aromatic N) is 2. The average molecular weight is 371 g/mol. The summed E-state index contributed by atoms with van der Waals surface area (Å²) < 4.78 is 11.8. The molecule has 3 rings (SSSR count). The second-order valence-corrected chi connectivity index (χ2v) is 6.67. The van der Waals surface area contributed by atoms with Gasteiger partial charge in [-0.2, -0.15) is 0 Å². The Morgan fingerprint density at radius 1 is 1.23 bits per heavy atom. The first kappa shape index (κ1) is 18.0. The highest BCUT2D eigenvalue weighted by molar-refractivity contribution is 7.22. The molecule has 0 spiro atoms. The zero-order valence-corrected chi connectivity index (χ0v) is 15.8. The van der Waals surface area contributed by atoms with Crippen LogP contribution in [-0.4, -0.2) is 38.2 Å². The molecule has 0 unspecified atom stereocenters. The summed E-state index contributed by atoms with van der Waals surface area (Å²) in [4.78, 5) is 18.7. The molecule has 0 saturated carbocycles. The maximum absolute atomic E-state index is 12.3. The van der Waals surface area contributed by atoms with Crippen LogP contribution < -0.4 is 19.7 Å². The summed E-state index contributed by atoms with van der Waals surface area (Å²) in [6.45, 7) is 2.75. The van der Waals surface area contributed by atoms with Crippen molar-refractivity contribution in [1.29, 1.82) is 0 Å². The molecule has 0 fully saturated rings. The Morgan fingerprint density at radius 2 is 2.00 bits per heavy atom. The molecule has 6 nitrogen and oxygen atoms in total. The van der Waals surface area contributed by atoms with Gasteiger partial charge in [-0.25, -0.2) is 4.98 Å². The van der Waals surface area contributed by atoms with Crippen LogP contribution in [0.5, 0.6) is 11.5 Å². The molecule has 1 heterocycles. The molecule has 2 aromatic carbocycles. The molecular weight excluding hydrogens is 350 g/mol. The van der Waals surface area contributed by atoms with E-state index in [1.807, 2.05) is 61.3 Å². The lowest BCUT2D eigenvalue weighted by Crippen LogP contribution is -2.29. The van der Waals surface area contributed by atoms with E-state index in [0.29, 0.717) is 6.61 Å². The number of carbonyl (C=O) groups is 1. The number of anilines is 2. The maximum Gasteiger partial charge on any atom is 0.243 e. The molecule has 3 aromatic rings. The normalized spacial score (nSPS) is 10.6. The molecule has 1 amide bonds. The van der Waals surface area contributed by atoms with Crippen LogP contribution in [0.2, 0.25) is 0 Å². The summed E-state index contributed by atoms with van der Waals surface area (Å²) in [7, 11) is 3.48. The van der Waals surface area contributed by atoms with E-state index in [0.717, 1.165) is 32.5 Å². The monoisotopic (exact) mass is 371 g/mol. The van der Waals surface area contributed by atoms with Gasteiger partial charge >= 0.3 is 0 Å². The van der Waals surface area contributed by atoms with Gasteiger partial charge in [0.25, 0.3) is 0 Å². The van der Waals surface area contributed by atoms with E-state index >= 15 is 0 Å². The minimum atomic E-state index is -0.108. The number of carbonyl (C=O) groups excluding carboxylic acids is 1. The number of fused-ring (bicyclic) bond motifs is 1. The molecule has 1 N–H and O–H groups in total. The second kappa shape index (κ2) is 8.05. The number of aromatic nitrogens is 1. The number of para-hydroxylation sites is 1. The molecule has 0 aliphatic carbocycles. The first-order valence-electron chi connectivity index (χ1n) is 8.28. The third-order valence-corrected chi connectivity index (χ3v) is 4.88. The molecular formula is C19H21N3O3S. The number of methoxy groups -OCH3 is 1. The quantitative estimate of drug-likeness (QED) is 0.685. The third kappa shape index (κ3) is 4.05.